The summed E-state index contributed by atoms with van der Waals surface area (Å²) in [7, 11) is 0. The highest BCUT2D eigenvalue weighted by Crippen LogP contribution is 2.22. The van der Waals surface area contributed by atoms with Crippen molar-refractivity contribution < 1.29 is 9.53 Å². The van der Waals surface area contributed by atoms with Crippen LogP contribution >= 0.6 is 11.6 Å². The second kappa shape index (κ2) is 10.1. The van der Waals surface area contributed by atoms with Crippen LogP contribution in [0.4, 0.5) is 0 Å². The molecule has 128 valence electrons. The zero-order valence-electron chi connectivity index (χ0n) is 15.1. The lowest BCUT2D eigenvalue weighted by Gasteiger charge is -2.14. The third kappa shape index (κ3) is 7.84. The van der Waals surface area contributed by atoms with Gasteiger partial charge in [-0.2, -0.15) is 0 Å². The molecule has 0 saturated heterocycles. The number of halogens is 1. The molecule has 0 aromatic carbocycles. The van der Waals surface area contributed by atoms with Crippen LogP contribution in [0.3, 0.4) is 0 Å². The van der Waals surface area contributed by atoms with Crippen LogP contribution in [-0.2, 0) is 9.53 Å². The average Bonchev–Trinajstić information content (AvgIpc) is 2.90. The minimum Gasteiger partial charge on any atom is -0.462 e. The van der Waals surface area contributed by atoms with Gasteiger partial charge in [-0.25, -0.2) is 4.98 Å². The maximum atomic E-state index is 9.60. The monoisotopic (exact) mass is 338 g/mol. The fraction of sp³-hybridized carbons (Fsp3) is 0.444. The second-order valence-corrected chi connectivity index (χ2v) is 6.07. The summed E-state index contributed by atoms with van der Waals surface area (Å²) in [5.74, 6) is 0.791. The van der Waals surface area contributed by atoms with E-state index in [-0.39, 0.29) is 5.60 Å². The minimum absolute atomic E-state index is 0.318. The van der Waals surface area contributed by atoms with E-state index < -0.39 is 0 Å². The van der Waals surface area contributed by atoms with Crippen LogP contribution in [0.25, 0.3) is 5.82 Å². The number of aryl methyl sites for hydroxylation is 2. The van der Waals surface area contributed by atoms with Crippen LogP contribution < -0.4 is 0 Å². The molecule has 0 aliphatic rings. The van der Waals surface area contributed by atoms with Crippen molar-refractivity contribution in [3.05, 3.63) is 46.9 Å². The lowest BCUT2D eigenvalue weighted by atomic mass is 10.2. The molecule has 0 unspecified atom stereocenters. The zero-order chi connectivity index (χ0) is 18.0. The van der Waals surface area contributed by atoms with E-state index >= 15 is 0 Å². The number of nitrogens with zero attached hydrogens (tertiary/aromatic N) is 2. The van der Waals surface area contributed by atoms with Gasteiger partial charge in [0.05, 0.1) is 5.02 Å². The maximum Gasteiger partial charge on any atom is 0.293 e. The van der Waals surface area contributed by atoms with Gasteiger partial charge in [-0.05, 0) is 57.9 Å². The maximum absolute atomic E-state index is 9.60. The Labute approximate surface area is 144 Å². The highest BCUT2D eigenvalue weighted by atomic mass is 35.5. The van der Waals surface area contributed by atoms with Gasteiger partial charge in [0.2, 0.25) is 0 Å². The van der Waals surface area contributed by atoms with Crippen LogP contribution in [0.2, 0.25) is 5.02 Å². The summed E-state index contributed by atoms with van der Waals surface area (Å²) in [6, 6.07) is 3.93. The first-order valence-corrected chi connectivity index (χ1v) is 8.00. The predicted octanol–water partition coefficient (Wildman–Crippen LogP) is 5.13. The Morgan fingerprint density at radius 1 is 1.22 bits per heavy atom. The smallest absolute Gasteiger partial charge is 0.293 e. The minimum atomic E-state index is -0.318. The first kappa shape index (κ1) is 21.2. The van der Waals surface area contributed by atoms with E-state index in [1.807, 2.05) is 77.6 Å². The van der Waals surface area contributed by atoms with Gasteiger partial charge in [0.15, 0.2) is 5.82 Å². The van der Waals surface area contributed by atoms with Crippen LogP contribution in [0, 0.1) is 13.8 Å². The largest absolute Gasteiger partial charge is 0.462 e. The van der Waals surface area contributed by atoms with E-state index in [9.17, 15) is 4.79 Å². The summed E-state index contributed by atoms with van der Waals surface area (Å²) in [6.45, 7) is 13.9. The summed E-state index contributed by atoms with van der Waals surface area (Å²) in [4.78, 5) is 13.9. The van der Waals surface area contributed by atoms with Gasteiger partial charge in [-0.1, -0.05) is 25.4 Å². The molecule has 0 fully saturated rings. The molecule has 0 N–H and O–H groups in total. The molecular formula is C18H27ClN2O2. The predicted molar refractivity (Wildman–Crippen MR) is 96.3 cm³/mol. The number of hydrogen-bond acceptors (Lipinski definition) is 3. The molecular weight excluding hydrogens is 312 g/mol. The topological polar surface area (TPSA) is 44.1 Å². The lowest BCUT2D eigenvalue weighted by molar-refractivity contribution is -0.138. The summed E-state index contributed by atoms with van der Waals surface area (Å²) in [5.41, 5.74) is 1.93. The van der Waals surface area contributed by atoms with E-state index in [1.165, 1.54) is 5.56 Å². The zero-order valence-corrected chi connectivity index (χ0v) is 15.8. The third-order valence-electron chi connectivity index (χ3n) is 2.55. The van der Waals surface area contributed by atoms with Gasteiger partial charge in [0.1, 0.15) is 5.60 Å². The molecule has 0 amide bonds. The Morgan fingerprint density at radius 3 is 2.22 bits per heavy atom. The van der Waals surface area contributed by atoms with Crippen molar-refractivity contribution in [3.63, 3.8) is 0 Å². The lowest BCUT2D eigenvalue weighted by Crippen LogP contribution is -2.17. The Bertz CT molecular complexity index is 601. The van der Waals surface area contributed by atoms with Crippen molar-refractivity contribution >= 4 is 18.1 Å². The molecule has 0 atom stereocenters. The number of ether oxygens (including phenoxy) is 1. The molecule has 0 spiro atoms. The van der Waals surface area contributed by atoms with Gasteiger partial charge < -0.3 is 9.30 Å². The van der Waals surface area contributed by atoms with Crippen LogP contribution in [0.1, 0.15) is 45.7 Å². The molecule has 2 aromatic rings. The summed E-state index contributed by atoms with van der Waals surface area (Å²) < 4.78 is 6.48. The summed E-state index contributed by atoms with van der Waals surface area (Å²) in [5, 5.41) is 0.711. The number of aromatic nitrogens is 2. The molecule has 5 heteroatoms. The van der Waals surface area contributed by atoms with Gasteiger partial charge in [-0.15, -0.1) is 0 Å². The number of rotatable bonds is 2. The van der Waals surface area contributed by atoms with Crippen molar-refractivity contribution in [2.75, 3.05) is 0 Å². The molecule has 0 saturated carbocycles. The highest BCUT2D eigenvalue weighted by molar-refractivity contribution is 6.32. The van der Waals surface area contributed by atoms with Crippen LogP contribution in [0.5, 0.6) is 0 Å². The molecule has 4 nitrogen and oxygen atoms in total. The molecule has 0 radical (unpaired) electrons. The number of hydrogen-bond donors (Lipinski definition) is 0. The van der Waals surface area contributed by atoms with E-state index in [2.05, 4.69) is 9.72 Å². The van der Waals surface area contributed by atoms with Crippen molar-refractivity contribution in [1.29, 1.82) is 0 Å². The Balaban J connectivity index is 0.000000460. The molecule has 2 rings (SSSR count). The first-order valence-electron chi connectivity index (χ1n) is 7.62. The first-order chi connectivity index (χ1) is 10.7. The number of carbonyl (C=O) groups is 1. The van der Waals surface area contributed by atoms with Crippen LogP contribution in [-0.4, -0.2) is 21.6 Å². The fourth-order valence-corrected chi connectivity index (χ4v) is 1.69. The van der Waals surface area contributed by atoms with E-state index in [1.54, 1.807) is 6.20 Å². The molecule has 2 aromatic heterocycles. The van der Waals surface area contributed by atoms with Gasteiger partial charge >= 0.3 is 0 Å². The summed E-state index contributed by atoms with van der Waals surface area (Å²) >= 11 is 6.15. The van der Waals surface area contributed by atoms with Crippen LogP contribution in [0.15, 0.2) is 30.7 Å². The summed E-state index contributed by atoms with van der Waals surface area (Å²) in [6.07, 6.45) is 5.74. The normalized spacial score (nSPS) is 9.91. The molecule has 23 heavy (non-hydrogen) atoms. The van der Waals surface area contributed by atoms with Gasteiger partial charge in [0, 0.05) is 18.6 Å². The van der Waals surface area contributed by atoms with Crippen molar-refractivity contribution in [2.24, 2.45) is 0 Å². The standard InChI is InChI=1S/C11H11ClN2.C5H10O2.C2H6/c1-8-4-6-14(7-8)11-10(12)9(2)3-5-13-11;1-5(2,3)7-4-6;1-2/h3-7H,1-2H3;4H,1-3H3;1-2H3. The van der Waals surface area contributed by atoms with Crippen molar-refractivity contribution in [1.82, 2.24) is 9.55 Å². The van der Waals surface area contributed by atoms with Gasteiger partial charge in [0.25, 0.3) is 6.47 Å². The Morgan fingerprint density at radius 2 is 1.83 bits per heavy atom. The van der Waals surface area contributed by atoms with E-state index in [0.717, 1.165) is 11.4 Å². The molecule has 0 bridgehead atoms. The van der Waals surface area contributed by atoms with Crippen molar-refractivity contribution in [3.8, 4) is 5.82 Å². The quantitative estimate of drug-likeness (QED) is 0.713. The second-order valence-electron chi connectivity index (χ2n) is 5.69. The number of carbonyl (C=O) groups excluding carboxylic acids is 1. The molecule has 0 aliphatic carbocycles. The van der Waals surface area contributed by atoms with Gasteiger partial charge in [-0.3, -0.25) is 4.79 Å². The van der Waals surface area contributed by atoms with E-state index in [4.69, 9.17) is 11.6 Å². The average molecular weight is 339 g/mol. The molecule has 2 heterocycles. The third-order valence-corrected chi connectivity index (χ3v) is 3.02. The van der Waals surface area contributed by atoms with Crippen molar-refractivity contribution in [2.45, 2.75) is 54.1 Å². The van der Waals surface area contributed by atoms with E-state index in [0.29, 0.717) is 11.5 Å². The molecule has 0 aliphatic heterocycles. The fourth-order valence-electron chi connectivity index (χ4n) is 1.49. The Kier molecular flexibility index (Phi) is 9.27. The highest BCUT2D eigenvalue weighted by Gasteiger charge is 2.07. The Hall–Kier alpha value is -1.81. The number of pyridine rings is 1. The SMILES string of the molecule is CC.CC(C)(C)OC=O.Cc1ccn(-c2nccc(C)c2Cl)c1.